The quantitative estimate of drug-likeness (QED) is 0.341. The Labute approximate surface area is 110 Å². The maximum absolute atomic E-state index is 11.9. The smallest absolute Gasteiger partial charge is 0.309 e. The summed E-state index contributed by atoms with van der Waals surface area (Å²) in [6.45, 7) is 3.58. The second kappa shape index (κ2) is 6.63. The summed E-state index contributed by atoms with van der Waals surface area (Å²) in [5.41, 5.74) is 0.275. The van der Waals surface area contributed by atoms with Gasteiger partial charge in [-0.1, -0.05) is 6.92 Å². The molecular formula is C13H15NO5. The van der Waals surface area contributed by atoms with Gasteiger partial charge in [-0.25, -0.2) is 0 Å². The average molecular weight is 265 g/mol. The van der Waals surface area contributed by atoms with E-state index in [2.05, 4.69) is 0 Å². The number of Topliss-reactive ketones (excluding diaryl/α,β-unsaturated/α-hetero) is 1. The van der Waals surface area contributed by atoms with Crippen LogP contribution < -0.4 is 0 Å². The molecule has 102 valence electrons. The third-order valence-corrected chi connectivity index (χ3v) is 2.58. The van der Waals surface area contributed by atoms with E-state index in [1.165, 1.54) is 24.3 Å². The lowest BCUT2D eigenvalue weighted by molar-refractivity contribution is -0.384. The number of hydrogen-bond acceptors (Lipinski definition) is 5. The van der Waals surface area contributed by atoms with E-state index in [1.807, 2.05) is 0 Å². The van der Waals surface area contributed by atoms with Gasteiger partial charge in [0.15, 0.2) is 5.78 Å². The molecule has 0 amide bonds. The van der Waals surface area contributed by atoms with Crippen molar-refractivity contribution in [1.29, 1.82) is 0 Å². The minimum absolute atomic E-state index is 0.0244. The second-order valence-corrected chi connectivity index (χ2v) is 4.08. The first-order valence-electron chi connectivity index (χ1n) is 5.90. The van der Waals surface area contributed by atoms with Crippen LogP contribution >= 0.6 is 0 Å². The van der Waals surface area contributed by atoms with Crippen LogP contribution in [0.15, 0.2) is 24.3 Å². The van der Waals surface area contributed by atoms with Gasteiger partial charge in [-0.2, -0.15) is 0 Å². The van der Waals surface area contributed by atoms with E-state index in [0.29, 0.717) is 5.56 Å². The number of ketones is 1. The van der Waals surface area contributed by atoms with E-state index in [0.717, 1.165) is 0 Å². The molecule has 1 aromatic carbocycles. The summed E-state index contributed by atoms with van der Waals surface area (Å²) < 4.78 is 4.81. The molecule has 1 rings (SSSR count). The molecule has 1 atom stereocenters. The first-order chi connectivity index (χ1) is 8.95. The lowest BCUT2D eigenvalue weighted by Crippen LogP contribution is -2.18. The van der Waals surface area contributed by atoms with Crippen LogP contribution in [0.25, 0.3) is 0 Å². The first-order valence-corrected chi connectivity index (χ1v) is 5.90. The van der Waals surface area contributed by atoms with Crippen LogP contribution in [0.3, 0.4) is 0 Å². The lowest BCUT2D eigenvalue weighted by atomic mass is 10.00. The number of non-ortho nitro benzene ring substituents is 1. The fraction of sp³-hybridized carbons (Fsp3) is 0.385. The van der Waals surface area contributed by atoms with Crippen LogP contribution in [-0.4, -0.2) is 23.3 Å². The van der Waals surface area contributed by atoms with Crippen LogP contribution in [0.5, 0.6) is 0 Å². The van der Waals surface area contributed by atoms with Crippen molar-refractivity contribution < 1.29 is 19.2 Å². The predicted octanol–water partition coefficient (Wildman–Crippen LogP) is 2.37. The van der Waals surface area contributed by atoms with Gasteiger partial charge in [-0.3, -0.25) is 19.7 Å². The molecule has 0 bridgehead atoms. The van der Waals surface area contributed by atoms with Crippen molar-refractivity contribution in [3.8, 4) is 0 Å². The zero-order valence-corrected chi connectivity index (χ0v) is 10.8. The normalized spacial score (nSPS) is 11.7. The van der Waals surface area contributed by atoms with E-state index < -0.39 is 16.8 Å². The number of benzene rings is 1. The Kier molecular flexibility index (Phi) is 5.17. The molecule has 1 unspecified atom stereocenters. The van der Waals surface area contributed by atoms with Crippen LogP contribution in [0.2, 0.25) is 0 Å². The summed E-state index contributed by atoms with van der Waals surface area (Å²) in [5, 5.41) is 10.5. The fourth-order valence-corrected chi connectivity index (χ4v) is 1.53. The number of nitro groups is 1. The van der Waals surface area contributed by atoms with Crippen molar-refractivity contribution in [2.24, 2.45) is 5.92 Å². The van der Waals surface area contributed by atoms with Crippen LogP contribution in [-0.2, 0) is 9.53 Å². The summed E-state index contributed by atoms with van der Waals surface area (Å²) >= 11 is 0. The number of carbonyl (C=O) groups excluding carboxylic acids is 2. The van der Waals surface area contributed by atoms with Crippen LogP contribution in [0.1, 0.15) is 30.6 Å². The third-order valence-electron chi connectivity index (χ3n) is 2.58. The number of hydrogen-bond donors (Lipinski definition) is 0. The van der Waals surface area contributed by atoms with E-state index in [1.54, 1.807) is 13.8 Å². The fourth-order valence-electron chi connectivity index (χ4n) is 1.53. The van der Waals surface area contributed by atoms with Gasteiger partial charge in [-0.05, 0) is 19.1 Å². The van der Waals surface area contributed by atoms with E-state index in [4.69, 9.17) is 4.74 Å². The number of nitrogens with zero attached hydrogens (tertiary/aromatic N) is 1. The molecule has 0 aliphatic carbocycles. The Morgan fingerprint density at radius 2 is 1.89 bits per heavy atom. The molecule has 0 radical (unpaired) electrons. The van der Waals surface area contributed by atoms with E-state index in [-0.39, 0.29) is 24.5 Å². The highest BCUT2D eigenvalue weighted by molar-refractivity contribution is 5.98. The number of nitro benzene ring substituents is 1. The molecule has 0 N–H and O–H groups in total. The van der Waals surface area contributed by atoms with Crippen molar-refractivity contribution in [1.82, 2.24) is 0 Å². The standard InChI is InChI=1S/C13H15NO5/c1-3-19-13(16)9(2)8-12(15)10-4-6-11(7-5-10)14(17)18/h4-7,9H,3,8H2,1-2H3. The molecule has 0 aromatic heterocycles. The molecule has 19 heavy (non-hydrogen) atoms. The Hall–Kier alpha value is -2.24. The second-order valence-electron chi connectivity index (χ2n) is 4.08. The minimum Gasteiger partial charge on any atom is -0.466 e. The zero-order valence-electron chi connectivity index (χ0n) is 10.8. The molecular weight excluding hydrogens is 250 g/mol. The molecule has 6 nitrogen and oxygen atoms in total. The highest BCUT2D eigenvalue weighted by Crippen LogP contribution is 2.15. The van der Waals surface area contributed by atoms with Crippen molar-refractivity contribution in [2.45, 2.75) is 20.3 Å². The third kappa shape index (κ3) is 4.17. The maximum Gasteiger partial charge on any atom is 0.309 e. The molecule has 1 aromatic rings. The average Bonchev–Trinajstić information content (AvgIpc) is 2.38. The number of esters is 1. The first kappa shape index (κ1) is 14.8. The van der Waals surface area contributed by atoms with E-state index >= 15 is 0 Å². The van der Waals surface area contributed by atoms with E-state index in [9.17, 15) is 19.7 Å². The van der Waals surface area contributed by atoms with Gasteiger partial charge < -0.3 is 4.74 Å². The number of carbonyl (C=O) groups is 2. The topological polar surface area (TPSA) is 86.5 Å². The Bertz CT molecular complexity index is 480. The molecule has 0 aliphatic rings. The zero-order chi connectivity index (χ0) is 14.4. The van der Waals surface area contributed by atoms with Gasteiger partial charge in [0.05, 0.1) is 17.4 Å². The molecule has 0 spiro atoms. The van der Waals surface area contributed by atoms with Gasteiger partial charge in [-0.15, -0.1) is 0 Å². The van der Waals surface area contributed by atoms with Crippen LogP contribution in [0.4, 0.5) is 5.69 Å². The molecule has 0 saturated heterocycles. The minimum atomic E-state index is -0.532. The highest BCUT2D eigenvalue weighted by atomic mass is 16.6. The molecule has 0 fully saturated rings. The summed E-state index contributed by atoms with van der Waals surface area (Å²) in [7, 11) is 0. The van der Waals surface area contributed by atoms with Crippen molar-refractivity contribution in [3.05, 3.63) is 39.9 Å². The van der Waals surface area contributed by atoms with Crippen molar-refractivity contribution in [3.63, 3.8) is 0 Å². The summed E-state index contributed by atoms with van der Waals surface area (Å²) in [6, 6.07) is 5.31. The molecule has 0 saturated carbocycles. The number of rotatable bonds is 6. The molecule has 6 heteroatoms. The van der Waals surface area contributed by atoms with Gasteiger partial charge in [0.1, 0.15) is 0 Å². The van der Waals surface area contributed by atoms with Gasteiger partial charge in [0, 0.05) is 24.1 Å². The van der Waals surface area contributed by atoms with Crippen LogP contribution in [0, 0.1) is 16.0 Å². The summed E-state index contributed by atoms with van der Waals surface area (Å²) in [5.74, 6) is -1.18. The maximum atomic E-state index is 11.9. The summed E-state index contributed by atoms with van der Waals surface area (Å²) in [6.07, 6.45) is 0.0244. The molecule has 0 heterocycles. The van der Waals surface area contributed by atoms with Crippen molar-refractivity contribution in [2.75, 3.05) is 6.61 Å². The summed E-state index contributed by atoms with van der Waals surface area (Å²) in [4.78, 5) is 33.2. The number of ether oxygens (including phenoxy) is 1. The largest absolute Gasteiger partial charge is 0.466 e. The predicted molar refractivity (Wildman–Crippen MR) is 67.8 cm³/mol. The van der Waals surface area contributed by atoms with Gasteiger partial charge in [0.25, 0.3) is 5.69 Å². The Morgan fingerprint density at radius 1 is 1.32 bits per heavy atom. The van der Waals surface area contributed by atoms with Crippen molar-refractivity contribution >= 4 is 17.4 Å². The van der Waals surface area contributed by atoms with Gasteiger partial charge in [0.2, 0.25) is 0 Å². The Morgan fingerprint density at radius 3 is 2.37 bits per heavy atom. The van der Waals surface area contributed by atoms with Gasteiger partial charge >= 0.3 is 5.97 Å². The monoisotopic (exact) mass is 265 g/mol. The Balaban J connectivity index is 2.68. The highest BCUT2D eigenvalue weighted by Gasteiger charge is 2.19. The molecule has 0 aliphatic heterocycles. The lowest BCUT2D eigenvalue weighted by Gasteiger charge is -2.09. The SMILES string of the molecule is CCOC(=O)C(C)CC(=O)c1ccc([N+](=O)[O-])cc1.